The third-order valence-corrected chi connectivity index (χ3v) is 5.81. The molecule has 0 aliphatic heterocycles. The summed E-state index contributed by atoms with van der Waals surface area (Å²) in [5.41, 5.74) is 11.6. The van der Waals surface area contributed by atoms with Gasteiger partial charge in [-0.15, -0.1) is 0 Å². The molecule has 0 radical (unpaired) electrons. The summed E-state index contributed by atoms with van der Waals surface area (Å²) in [6.45, 7) is 13.6. The van der Waals surface area contributed by atoms with Crippen molar-refractivity contribution in [1.82, 2.24) is 20.3 Å². The SMILES string of the molecule is CC/C(C)=C(/C)NCc1cccc(Cc2cccc(-c3[nH]c(C)c(C)c3C)n2)n1. The van der Waals surface area contributed by atoms with Crippen molar-refractivity contribution >= 4 is 0 Å². The fraction of sp³-hybridized carbons (Fsp3) is 0.360. The van der Waals surface area contributed by atoms with Crippen LogP contribution >= 0.6 is 0 Å². The molecule has 2 N–H and O–H groups in total. The van der Waals surface area contributed by atoms with Crippen molar-refractivity contribution in [3.63, 3.8) is 0 Å². The van der Waals surface area contributed by atoms with Gasteiger partial charge in [-0.3, -0.25) is 9.97 Å². The zero-order chi connectivity index (χ0) is 21.0. The molecular weight excluding hydrogens is 356 g/mol. The number of hydrogen-bond donors (Lipinski definition) is 2. The van der Waals surface area contributed by atoms with Crippen molar-refractivity contribution < 1.29 is 0 Å². The predicted molar refractivity (Wildman–Crippen MR) is 121 cm³/mol. The summed E-state index contributed by atoms with van der Waals surface area (Å²) in [5, 5.41) is 3.48. The van der Waals surface area contributed by atoms with E-state index in [2.05, 4.69) is 88.2 Å². The van der Waals surface area contributed by atoms with Crippen molar-refractivity contribution in [3.8, 4) is 11.4 Å². The lowest BCUT2D eigenvalue weighted by molar-refractivity contribution is 0.762. The molecule has 3 heterocycles. The van der Waals surface area contributed by atoms with Crippen LogP contribution in [-0.4, -0.2) is 15.0 Å². The number of nitrogens with zero attached hydrogens (tertiary/aromatic N) is 2. The molecule has 4 nitrogen and oxygen atoms in total. The number of nitrogens with one attached hydrogen (secondary N) is 2. The Kier molecular flexibility index (Phi) is 6.53. The third-order valence-electron chi connectivity index (χ3n) is 5.81. The largest absolute Gasteiger partial charge is 0.383 e. The van der Waals surface area contributed by atoms with Gasteiger partial charge in [0.1, 0.15) is 0 Å². The Morgan fingerprint density at radius 1 is 0.897 bits per heavy atom. The van der Waals surface area contributed by atoms with E-state index in [0.717, 1.165) is 47.9 Å². The number of rotatable bonds is 7. The lowest BCUT2D eigenvalue weighted by atomic mass is 10.1. The molecule has 0 atom stereocenters. The molecular formula is C25H32N4. The molecule has 0 amide bonds. The fourth-order valence-corrected chi connectivity index (χ4v) is 3.37. The van der Waals surface area contributed by atoms with Crippen LogP contribution in [0.2, 0.25) is 0 Å². The number of allylic oxidation sites excluding steroid dienone is 2. The van der Waals surface area contributed by atoms with Crippen molar-refractivity contribution in [1.29, 1.82) is 0 Å². The summed E-state index contributed by atoms with van der Waals surface area (Å²) in [4.78, 5) is 13.2. The zero-order valence-corrected chi connectivity index (χ0v) is 18.5. The van der Waals surface area contributed by atoms with Gasteiger partial charge in [-0.25, -0.2) is 0 Å². The lowest BCUT2D eigenvalue weighted by Crippen LogP contribution is -2.13. The Bertz CT molecular complexity index is 1030. The molecule has 0 bridgehead atoms. The van der Waals surface area contributed by atoms with Gasteiger partial charge in [0.15, 0.2) is 0 Å². The molecule has 0 spiro atoms. The van der Waals surface area contributed by atoms with Crippen molar-refractivity contribution in [2.45, 2.75) is 60.9 Å². The van der Waals surface area contributed by atoms with Gasteiger partial charge in [0.25, 0.3) is 0 Å². The first-order valence-electron chi connectivity index (χ1n) is 10.4. The van der Waals surface area contributed by atoms with E-state index in [1.54, 1.807) is 0 Å². The van der Waals surface area contributed by atoms with E-state index in [4.69, 9.17) is 9.97 Å². The number of hydrogen-bond acceptors (Lipinski definition) is 3. The van der Waals surface area contributed by atoms with Crippen molar-refractivity contribution in [2.75, 3.05) is 0 Å². The van der Waals surface area contributed by atoms with Crippen LogP contribution in [0, 0.1) is 20.8 Å². The molecule has 0 fully saturated rings. The molecule has 29 heavy (non-hydrogen) atoms. The maximum absolute atomic E-state index is 4.90. The minimum atomic E-state index is 0.724. The Morgan fingerprint density at radius 2 is 1.55 bits per heavy atom. The van der Waals surface area contributed by atoms with Crippen LogP contribution in [0.15, 0.2) is 47.7 Å². The second-order valence-corrected chi connectivity index (χ2v) is 7.80. The summed E-state index contributed by atoms with van der Waals surface area (Å²) in [6.07, 6.45) is 1.79. The van der Waals surface area contributed by atoms with Crippen LogP contribution < -0.4 is 5.32 Å². The normalized spacial score (nSPS) is 12.1. The highest BCUT2D eigenvalue weighted by Crippen LogP contribution is 2.25. The van der Waals surface area contributed by atoms with Gasteiger partial charge in [-0.1, -0.05) is 24.6 Å². The van der Waals surface area contributed by atoms with Gasteiger partial charge in [0.05, 0.1) is 23.6 Å². The summed E-state index contributed by atoms with van der Waals surface area (Å²) in [7, 11) is 0. The average molecular weight is 389 g/mol. The fourth-order valence-electron chi connectivity index (χ4n) is 3.37. The van der Waals surface area contributed by atoms with Crippen LogP contribution in [0.25, 0.3) is 11.4 Å². The molecule has 152 valence electrons. The molecule has 0 unspecified atom stereocenters. The van der Waals surface area contributed by atoms with Gasteiger partial charge in [0.2, 0.25) is 0 Å². The summed E-state index contributed by atoms with van der Waals surface area (Å²) >= 11 is 0. The van der Waals surface area contributed by atoms with E-state index in [0.29, 0.717) is 0 Å². The minimum absolute atomic E-state index is 0.724. The van der Waals surface area contributed by atoms with Gasteiger partial charge in [0, 0.05) is 29.2 Å². The Morgan fingerprint density at radius 3 is 2.21 bits per heavy atom. The molecule has 0 aliphatic carbocycles. The summed E-state index contributed by atoms with van der Waals surface area (Å²) in [5.74, 6) is 0. The number of pyridine rings is 2. The second-order valence-electron chi connectivity index (χ2n) is 7.80. The molecule has 4 heteroatoms. The van der Waals surface area contributed by atoms with E-state index in [-0.39, 0.29) is 0 Å². The van der Waals surface area contributed by atoms with E-state index in [1.165, 1.54) is 28.1 Å². The highest BCUT2D eigenvalue weighted by Gasteiger charge is 2.11. The first-order chi connectivity index (χ1) is 13.9. The molecule has 3 aromatic rings. The van der Waals surface area contributed by atoms with Crippen molar-refractivity contribution in [2.24, 2.45) is 0 Å². The monoisotopic (exact) mass is 388 g/mol. The first kappa shape index (κ1) is 20.8. The van der Waals surface area contributed by atoms with Gasteiger partial charge in [-0.2, -0.15) is 0 Å². The lowest BCUT2D eigenvalue weighted by Gasteiger charge is -2.10. The second kappa shape index (κ2) is 9.08. The zero-order valence-electron chi connectivity index (χ0n) is 18.5. The van der Waals surface area contributed by atoms with Crippen molar-refractivity contribution in [3.05, 3.63) is 81.6 Å². The number of aryl methyl sites for hydroxylation is 1. The summed E-state index contributed by atoms with van der Waals surface area (Å²) < 4.78 is 0. The molecule has 0 saturated carbocycles. The van der Waals surface area contributed by atoms with E-state index in [9.17, 15) is 0 Å². The highest BCUT2D eigenvalue weighted by atomic mass is 14.9. The van der Waals surface area contributed by atoms with Crippen LogP contribution in [-0.2, 0) is 13.0 Å². The molecule has 0 saturated heterocycles. The summed E-state index contributed by atoms with van der Waals surface area (Å²) in [6, 6.07) is 12.5. The Hall–Kier alpha value is -2.88. The third kappa shape index (κ3) is 4.94. The van der Waals surface area contributed by atoms with Crippen LogP contribution in [0.1, 0.15) is 61.1 Å². The maximum atomic E-state index is 4.90. The minimum Gasteiger partial charge on any atom is -0.383 e. The van der Waals surface area contributed by atoms with Gasteiger partial charge >= 0.3 is 0 Å². The van der Waals surface area contributed by atoms with E-state index in [1.807, 2.05) is 0 Å². The van der Waals surface area contributed by atoms with Crippen LogP contribution in [0.3, 0.4) is 0 Å². The first-order valence-corrected chi connectivity index (χ1v) is 10.4. The highest BCUT2D eigenvalue weighted by molar-refractivity contribution is 5.62. The van der Waals surface area contributed by atoms with E-state index < -0.39 is 0 Å². The molecule has 3 rings (SSSR count). The van der Waals surface area contributed by atoms with Crippen LogP contribution in [0.5, 0.6) is 0 Å². The van der Waals surface area contributed by atoms with Gasteiger partial charge < -0.3 is 10.3 Å². The maximum Gasteiger partial charge on any atom is 0.0870 e. The Labute approximate surface area is 174 Å². The van der Waals surface area contributed by atoms with Gasteiger partial charge in [-0.05, 0) is 76.4 Å². The molecule has 0 aliphatic rings. The standard InChI is InChI=1S/C25H32N4/c1-7-16(2)19(5)26-15-23-12-8-10-21(28-23)14-22-11-9-13-24(29-22)25-18(4)17(3)20(6)27-25/h8-13,26-27H,7,14-15H2,1-6H3/b19-16-. The Balaban J connectivity index is 1.76. The molecule has 0 aromatic carbocycles. The average Bonchev–Trinajstić information content (AvgIpc) is 2.99. The predicted octanol–water partition coefficient (Wildman–Crippen LogP) is 5.78. The number of aromatic amines is 1. The van der Waals surface area contributed by atoms with Crippen LogP contribution in [0.4, 0.5) is 0 Å². The van der Waals surface area contributed by atoms with E-state index >= 15 is 0 Å². The smallest absolute Gasteiger partial charge is 0.0870 e. The molecule has 3 aromatic heterocycles. The number of H-pyrrole nitrogens is 1. The topological polar surface area (TPSA) is 53.6 Å². The quantitative estimate of drug-likeness (QED) is 0.539. The number of aromatic nitrogens is 3.